The van der Waals surface area contributed by atoms with Crippen molar-refractivity contribution in [2.24, 2.45) is 0 Å². The zero-order valence-electron chi connectivity index (χ0n) is 10.2. The molecule has 1 aromatic carbocycles. The second-order valence-corrected chi connectivity index (χ2v) is 4.78. The van der Waals surface area contributed by atoms with Crippen molar-refractivity contribution in [3.05, 3.63) is 29.8 Å². The number of aryl methyl sites for hydroxylation is 1. The molecule has 1 aliphatic rings. The average molecular weight is 233 g/mol. The van der Waals surface area contributed by atoms with Crippen LogP contribution in [0.3, 0.4) is 0 Å². The van der Waals surface area contributed by atoms with Gasteiger partial charge in [-0.3, -0.25) is 4.79 Å². The number of aliphatic carboxylic acids is 1. The van der Waals surface area contributed by atoms with Gasteiger partial charge in [-0.15, -0.1) is 0 Å². The molecule has 1 atom stereocenters. The summed E-state index contributed by atoms with van der Waals surface area (Å²) in [6, 6.07) is 8.51. The standard InChI is InChI=1S/C14H19NO2/c1-11-5-7-12(8-6-11)15-9-3-2-4-13(15)10-14(16)17/h5-8,13H,2-4,9-10H2,1H3,(H,16,17). The van der Waals surface area contributed by atoms with Crippen LogP contribution in [0.1, 0.15) is 31.2 Å². The van der Waals surface area contributed by atoms with E-state index in [1.807, 2.05) is 0 Å². The second-order valence-electron chi connectivity index (χ2n) is 4.78. The van der Waals surface area contributed by atoms with Crippen molar-refractivity contribution in [1.29, 1.82) is 0 Å². The van der Waals surface area contributed by atoms with Crippen LogP contribution in [0.5, 0.6) is 0 Å². The normalized spacial score (nSPS) is 20.3. The number of rotatable bonds is 3. The van der Waals surface area contributed by atoms with Gasteiger partial charge in [-0.1, -0.05) is 17.7 Å². The lowest BCUT2D eigenvalue weighted by Crippen LogP contribution is -2.40. The van der Waals surface area contributed by atoms with Gasteiger partial charge in [0.25, 0.3) is 0 Å². The van der Waals surface area contributed by atoms with Crippen LogP contribution >= 0.6 is 0 Å². The van der Waals surface area contributed by atoms with E-state index in [9.17, 15) is 4.79 Å². The van der Waals surface area contributed by atoms with Gasteiger partial charge in [-0.2, -0.15) is 0 Å². The summed E-state index contributed by atoms with van der Waals surface area (Å²) in [7, 11) is 0. The van der Waals surface area contributed by atoms with E-state index < -0.39 is 5.97 Å². The molecule has 0 bridgehead atoms. The molecule has 0 radical (unpaired) electrons. The maximum Gasteiger partial charge on any atom is 0.305 e. The summed E-state index contributed by atoms with van der Waals surface area (Å²) in [6.07, 6.45) is 3.53. The highest BCUT2D eigenvalue weighted by Gasteiger charge is 2.24. The Kier molecular flexibility index (Phi) is 3.67. The first-order valence-corrected chi connectivity index (χ1v) is 6.22. The number of hydrogen-bond acceptors (Lipinski definition) is 2. The lowest BCUT2D eigenvalue weighted by atomic mass is 9.98. The Hall–Kier alpha value is -1.51. The molecule has 17 heavy (non-hydrogen) atoms. The molecule has 2 rings (SSSR count). The van der Waals surface area contributed by atoms with E-state index in [0.717, 1.165) is 31.5 Å². The number of benzene rings is 1. The van der Waals surface area contributed by atoms with E-state index in [0.29, 0.717) is 0 Å². The van der Waals surface area contributed by atoms with Crippen LogP contribution < -0.4 is 4.90 Å². The monoisotopic (exact) mass is 233 g/mol. The Morgan fingerprint density at radius 3 is 2.71 bits per heavy atom. The minimum Gasteiger partial charge on any atom is -0.481 e. The van der Waals surface area contributed by atoms with Gasteiger partial charge in [0.2, 0.25) is 0 Å². The lowest BCUT2D eigenvalue weighted by molar-refractivity contribution is -0.137. The molecule has 0 spiro atoms. The molecule has 1 heterocycles. The van der Waals surface area contributed by atoms with Crippen LogP contribution in [0.4, 0.5) is 5.69 Å². The molecule has 1 fully saturated rings. The third-order valence-electron chi connectivity index (χ3n) is 3.40. The number of piperidine rings is 1. The van der Waals surface area contributed by atoms with Gasteiger partial charge < -0.3 is 10.0 Å². The van der Waals surface area contributed by atoms with E-state index >= 15 is 0 Å². The van der Waals surface area contributed by atoms with Gasteiger partial charge in [-0.05, 0) is 38.3 Å². The van der Waals surface area contributed by atoms with Crippen LogP contribution in [0, 0.1) is 6.92 Å². The van der Waals surface area contributed by atoms with E-state index in [4.69, 9.17) is 5.11 Å². The van der Waals surface area contributed by atoms with Crippen molar-refractivity contribution < 1.29 is 9.90 Å². The minimum absolute atomic E-state index is 0.156. The fourth-order valence-corrected chi connectivity index (χ4v) is 2.49. The number of carbonyl (C=O) groups is 1. The number of anilines is 1. The zero-order chi connectivity index (χ0) is 12.3. The molecule has 1 saturated heterocycles. The smallest absolute Gasteiger partial charge is 0.305 e. The van der Waals surface area contributed by atoms with Gasteiger partial charge in [0.15, 0.2) is 0 Å². The third kappa shape index (κ3) is 2.99. The fourth-order valence-electron chi connectivity index (χ4n) is 2.49. The van der Waals surface area contributed by atoms with Crippen molar-refractivity contribution >= 4 is 11.7 Å². The summed E-state index contributed by atoms with van der Waals surface area (Å²) in [5.41, 5.74) is 2.39. The summed E-state index contributed by atoms with van der Waals surface area (Å²) in [5.74, 6) is -0.700. The Bertz CT molecular complexity index is 386. The molecule has 0 aliphatic carbocycles. The molecular weight excluding hydrogens is 214 g/mol. The maximum absolute atomic E-state index is 10.9. The molecule has 1 aliphatic heterocycles. The molecule has 0 amide bonds. The maximum atomic E-state index is 10.9. The summed E-state index contributed by atoms with van der Waals surface area (Å²) in [5, 5.41) is 8.95. The molecule has 1 N–H and O–H groups in total. The zero-order valence-corrected chi connectivity index (χ0v) is 10.2. The molecule has 3 nitrogen and oxygen atoms in total. The van der Waals surface area contributed by atoms with Crippen molar-refractivity contribution in [2.75, 3.05) is 11.4 Å². The Morgan fingerprint density at radius 1 is 1.35 bits per heavy atom. The first-order chi connectivity index (χ1) is 8.16. The Labute approximate surface area is 102 Å². The molecular formula is C14H19NO2. The molecule has 0 saturated carbocycles. The van der Waals surface area contributed by atoms with Gasteiger partial charge in [0.05, 0.1) is 6.42 Å². The molecule has 3 heteroatoms. The lowest BCUT2D eigenvalue weighted by Gasteiger charge is -2.37. The molecule has 92 valence electrons. The predicted molar refractivity (Wildman–Crippen MR) is 68.4 cm³/mol. The minimum atomic E-state index is -0.700. The summed E-state index contributed by atoms with van der Waals surface area (Å²) < 4.78 is 0. The first-order valence-electron chi connectivity index (χ1n) is 6.22. The SMILES string of the molecule is Cc1ccc(N2CCCCC2CC(=O)O)cc1. The average Bonchev–Trinajstić information content (AvgIpc) is 2.30. The van der Waals surface area contributed by atoms with Crippen molar-refractivity contribution in [2.45, 2.75) is 38.6 Å². The largest absolute Gasteiger partial charge is 0.481 e. The van der Waals surface area contributed by atoms with E-state index in [1.165, 1.54) is 5.56 Å². The fraction of sp³-hybridized carbons (Fsp3) is 0.500. The van der Waals surface area contributed by atoms with E-state index in [2.05, 4.69) is 36.1 Å². The predicted octanol–water partition coefficient (Wildman–Crippen LogP) is 2.83. The number of nitrogens with zero attached hydrogens (tertiary/aromatic N) is 1. The number of hydrogen-bond donors (Lipinski definition) is 1. The highest BCUT2D eigenvalue weighted by atomic mass is 16.4. The summed E-state index contributed by atoms with van der Waals surface area (Å²) in [6.45, 7) is 3.04. The highest BCUT2D eigenvalue weighted by Crippen LogP contribution is 2.26. The second kappa shape index (κ2) is 5.21. The van der Waals surface area contributed by atoms with Crippen LogP contribution in [0.15, 0.2) is 24.3 Å². The van der Waals surface area contributed by atoms with Crippen LogP contribution in [-0.2, 0) is 4.79 Å². The van der Waals surface area contributed by atoms with Crippen molar-refractivity contribution in [3.63, 3.8) is 0 Å². The third-order valence-corrected chi connectivity index (χ3v) is 3.40. The molecule has 0 aromatic heterocycles. The Morgan fingerprint density at radius 2 is 2.06 bits per heavy atom. The van der Waals surface area contributed by atoms with Gasteiger partial charge in [0.1, 0.15) is 0 Å². The van der Waals surface area contributed by atoms with Crippen LogP contribution in [-0.4, -0.2) is 23.7 Å². The topological polar surface area (TPSA) is 40.5 Å². The van der Waals surface area contributed by atoms with Gasteiger partial charge in [0, 0.05) is 18.3 Å². The first kappa shape index (κ1) is 12.0. The van der Waals surface area contributed by atoms with Crippen molar-refractivity contribution in [1.82, 2.24) is 0 Å². The number of carboxylic acid groups (broad SMARTS) is 1. The van der Waals surface area contributed by atoms with E-state index in [1.54, 1.807) is 0 Å². The van der Waals surface area contributed by atoms with Gasteiger partial charge >= 0.3 is 5.97 Å². The number of carboxylic acids is 1. The highest BCUT2D eigenvalue weighted by molar-refractivity contribution is 5.68. The Balaban J connectivity index is 2.15. The van der Waals surface area contributed by atoms with E-state index in [-0.39, 0.29) is 12.5 Å². The van der Waals surface area contributed by atoms with Crippen LogP contribution in [0.2, 0.25) is 0 Å². The summed E-state index contributed by atoms with van der Waals surface area (Å²) >= 11 is 0. The van der Waals surface area contributed by atoms with Crippen LogP contribution in [0.25, 0.3) is 0 Å². The molecule has 1 unspecified atom stereocenters. The quantitative estimate of drug-likeness (QED) is 0.872. The van der Waals surface area contributed by atoms with Crippen molar-refractivity contribution in [3.8, 4) is 0 Å². The summed E-state index contributed by atoms with van der Waals surface area (Å²) in [4.78, 5) is 13.1. The molecule has 1 aromatic rings. The van der Waals surface area contributed by atoms with Gasteiger partial charge in [-0.25, -0.2) is 0 Å².